The molecule has 0 saturated carbocycles. The van der Waals surface area contributed by atoms with Crippen molar-refractivity contribution in [2.24, 2.45) is 0 Å². The lowest BCUT2D eigenvalue weighted by atomic mass is 9.82. The van der Waals surface area contributed by atoms with Crippen molar-refractivity contribution in [2.75, 3.05) is 0 Å². The van der Waals surface area contributed by atoms with Crippen molar-refractivity contribution in [2.45, 2.75) is 0 Å². The van der Waals surface area contributed by atoms with Gasteiger partial charge in [-0.15, -0.1) is 10.2 Å². The second kappa shape index (κ2) is 11.9. The molecule has 1 aliphatic carbocycles. The molecule has 3 nitrogen and oxygen atoms in total. The van der Waals surface area contributed by atoms with Gasteiger partial charge < -0.3 is 0 Å². The zero-order valence-corrected chi connectivity index (χ0v) is 27.7. The molecular weight excluding hydrogens is 619 g/mol. The lowest BCUT2D eigenvalue weighted by Crippen LogP contribution is -2.00. The van der Waals surface area contributed by atoms with Gasteiger partial charge in [-0.2, -0.15) is 0 Å². The molecule has 238 valence electrons. The van der Waals surface area contributed by atoms with E-state index >= 15 is 0 Å². The van der Waals surface area contributed by atoms with Crippen molar-refractivity contribution in [3.8, 4) is 84.1 Å². The number of hydrogen-bond acceptors (Lipinski definition) is 2. The highest BCUT2D eigenvalue weighted by atomic mass is 15.3. The Morgan fingerprint density at radius 1 is 0.314 bits per heavy atom. The van der Waals surface area contributed by atoms with Crippen molar-refractivity contribution in [3.63, 3.8) is 0 Å². The Morgan fingerprint density at radius 3 is 1.47 bits per heavy atom. The Labute approximate surface area is 296 Å². The van der Waals surface area contributed by atoms with Crippen molar-refractivity contribution in [1.29, 1.82) is 0 Å². The molecular formula is C48H31N3. The summed E-state index contributed by atoms with van der Waals surface area (Å²) in [7, 11) is 0. The maximum Gasteiger partial charge on any atom is 0.168 e. The van der Waals surface area contributed by atoms with Gasteiger partial charge in [0.05, 0.1) is 0 Å². The first-order valence-corrected chi connectivity index (χ1v) is 17.3. The van der Waals surface area contributed by atoms with Crippen LogP contribution in [0.15, 0.2) is 188 Å². The van der Waals surface area contributed by atoms with Crippen LogP contribution in [0.1, 0.15) is 0 Å². The maximum atomic E-state index is 4.84. The van der Waals surface area contributed by atoms with E-state index in [4.69, 9.17) is 10.2 Å². The van der Waals surface area contributed by atoms with Gasteiger partial charge in [0.25, 0.3) is 0 Å². The minimum Gasteiger partial charge on any atom is -0.275 e. The van der Waals surface area contributed by atoms with Gasteiger partial charge in [-0.1, -0.05) is 164 Å². The fourth-order valence-corrected chi connectivity index (χ4v) is 7.86. The van der Waals surface area contributed by atoms with Crippen molar-refractivity contribution >= 4 is 10.8 Å². The molecule has 0 N–H and O–H groups in total. The highest BCUT2D eigenvalue weighted by molar-refractivity contribution is 6.22. The van der Waals surface area contributed by atoms with E-state index in [1.807, 2.05) is 24.3 Å². The first kappa shape index (κ1) is 29.1. The van der Waals surface area contributed by atoms with Crippen LogP contribution in [0.2, 0.25) is 0 Å². The number of para-hydroxylation sites is 1. The Balaban J connectivity index is 1.27. The second-order valence-electron chi connectivity index (χ2n) is 13.0. The average molecular weight is 650 g/mol. The summed E-state index contributed by atoms with van der Waals surface area (Å²) in [5, 5.41) is 12.2. The smallest absolute Gasteiger partial charge is 0.168 e. The van der Waals surface area contributed by atoms with E-state index in [0.29, 0.717) is 0 Å². The van der Waals surface area contributed by atoms with Gasteiger partial charge >= 0.3 is 0 Å². The van der Waals surface area contributed by atoms with E-state index < -0.39 is 0 Å². The molecule has 8 aromatic carbocycles. The highest BCUT2D eigenvalue weighted by Gasteiger charge is 2.30. The Bertz CT molecular complexity index is 2710. The van der Waals surface area contributed by atoms with Crippen LogP contribution in [-0.2, 0) is 0 Å². The van der Waals surface area contributed by atoms with Gasteiger partial charge in [-0.3, -0.25) is 4.57 Å². The van der Waals surface area contributed by atoms with Crippen LogP contribution in [0, 0.1) is 0 Å². The molecule has 3 heteroatoms. The number of hydrogen-bond donors (Lipinski definition) is 0. The number of fused-ring (bicyclic) bond motifs is 3. The fourth-order valence-electron chi connectivity index (χ4n) is 7.86. The van der Waals surface area contributed by atoms with Gasteiger partial charge in [0, 0.05) is 16.8 Å². The fraction of sp³-hybridized carbons (Fsp3) is 0. The Kier molecular flexibility index (Phi) is 6.81. The van der Waals surface area contributed by atoms with Crippen molar-refractivity contribution < 1.29 is 0 Å². The molecule has 0 fully saturated rings. The Hall–Kier alpha value is -6.84. The molecule has 51 heavy (non-hydrogen) atoms. The van der Waals surface area contributed by atoms with Crippen LogP contribution >= 0.6 is 0 Å². The molecule has 0 bridgehead atoms. The minimum atomic E-state index is 0.796. The van der Waals surface area contributed by atoms with Gasteiger partial charge in [0.2, 0.25) is 0 Å². The standard InChI is InChI=1S/C48H31N3/c1-5-16-32(17-6-1)41-31-42(44(34-18-7-2-8-19-34)46-40-29-15-23-33-22-14-28-39(43(33)40)45(41)46)36-24-13-25-37(30-36)48-50-49-47(35-20-9-3-10-21-35)51(48)38-26-11-4-12-27-38/h1-31H. The van der Waals surface area contributed by atoms with Gasteiger partial charge in [-0.05, 0) is 90.7 Å². The van der Waals surface area contributed by atoms with Gasteiger partial charge in [0.1, 0.15) is 0 Å². The maximum absolute atomic E-state index is 4.84. The summed E-state index contributed by atoms with van der Waals surface area (Å²) in [6, 6.07) is 67.0. The summed E-state index contributed by atoms with van der Waals surface area (Å²) in [5.74, 6) is 1.60. The molecule has 0 unspecified atom stereocenters. The predicted octanol–water partition coefficient (Wildman–Crippen LogP) is 12.4. The predicted molar refractivity (Wildman–Crippen MR) is 210 cm³/mol. The van der Waals surface area contributed by atoms with E-state index in [-0.39, 0.29) is 0 Å². The molecule has 0 amide bonds. The van der Waals surface area contributed by atoms with E-state index in [9.17, 15) is 0 Å². The van der Waals surface area contributed by atoms with Crippen LogP contribution in [0.5, 0.6) is 0 Å². The Morgan fingerprint density at radius 2 is 0.804 bits per heavy atom. The SMILES string of the molecule is c1ccc(-c2cc(-c3cccc(-c4nnc(-c5ccccc5)n4-c4ccccc4)c3)c(-c3ccccc3)c3c2-c2cccc4cccc-3c24)cc1. The summed E-state index contributed by atoms with van der Waals surface area (Å²) in [6.45, 7) is 0. The summed E-state index contributed by atoms with van der Waals surface area (Å²) in [6.07, 6.45) is 0. The average Bonchev–Trinajstić information content (AvgIpc) is 3.81. The van der Waals surface area contributed by atoms with Crippen LogP contribution in [0.3, 0.4) is 0 Å². The molecule has 1 heterocycles. The molecule has 0 atom stereocenters. The van der Waals surface area contributed by atoms with E-state index in [2.05, 4.69) is 168 Å². The van der Waals surface area contributed by atoms with Crippen LogP contribution in [0.25, 0.3) is 94.9 Å². The summed E-state index contributed by atoms with van der Waals surface area (Å²) < 4.78 is 2.17. The van der Waals surface area contributed by atoms with E-state index in [1.54, 1.807) is 0 Å². The summed E-state index contributed by atoms with van der Waals surface area (Å²) in [4.78, 5) is 0. The zero-order chi connectivity index (χ0) is 33.7. The number of rotatable bonds is 6. The monoisotopic (exact) mass is 649 g/mol. The quantitative estimate of drug-likeness (QED) is 0.179. The highest BCUT2D eigenvalue weighted by Crippen LogP contribution is 2.57. The van der Waals surface area contributed by atoms with Crippen LogP contribution in [-0.4, -0.2) is 14.8 Å². The third kappa shape index (κ3) is 4.74. The van der Waals surface area contributed by atoms with E-state index in [0.717, 1.165) is 34.0 Å². The van der Waals surface area contributed by atoms with Crippen LogP contribution < -0.4 is 0 Å². The largest absolute Gasteiger partial charge is 0.275 e. The zero-order valence-electron chi connectivity index (χ0n) is 27.7. The second-order valence-corrected chi connectivity index (χ2v) is 13.0. The van der Waals surface area contributed by atoms with Crippen molar-refractivity contribution in [1.82, 2.24) is 14.8 Å². The van der Waals surface area contributed by atoms with Gasteiger partial charge in [0.15, 0.2) is 11.6 Å². The van der Waals surface area contributed by atoms with Crippen molar-refractivity contribution in [3.05, 3.63) is 188 Å². The molecule has 0 aliphatic heterocycles. The molecule has 0 spiro atoms. The molecule has 0 radical (unpaired) electrons. The van der Waals surface area contributed by atoms with E-state index in [1.165, 1.54) is 60.8 Å². The lowest BCUT2D eigenvalue weighted by Gasteiger charge is -2.21. The summed E-state index contributed by atoms with van der Waals surface area (Å²) >= 11 is 0. The number of benzene rings is 8. The number of aromatic nitrogens is 3. The molecule has 1 aromatic heterocycles. The third-order valence-electron chi connectivity index (χ3n) is 10.1. The molecule has 1 aliphatic rings. The number of nitrogens with zero attached hydrogens (tertiary/aromatic N) is 3. The lowest BCUT2D eigenvalue weighted by molar-refractivity contribution is 1.07. The first-order chi connectivity index (χ1) is 25.3. The normalized spacial score (nSPS) is 11.5. The van der Waals surface area contributed by atoms with Gasteiger partial charge in [-0.25, -0.2) is 0 Å². The topological polar surface area (TPSA) is 30.7 Å². The summed E-state index contributed by atoms with van der Waals surface area (Å²) in [5.41, 5.74) is 15.3. The molecule has 9 aromatic rings. The molecule has 0 saturated heterocycles. The van der Waals surface area contributed by atoms with Crippen LogP contribution in [0.4, 0.5) is 0 Å². The third-order valence-corrected chi connectivity index (χ3v) is 10.1. The first-order valence-electron chi connectivity index (χ1n) is 17.3. The molecule has 10 rings (SSSR count). The minimum absolute atomic E-state index is 0.796.